The Labute approximate surface area is 90.2 Å². The summed E-state index contributed by atoms with van der Waals surface area (Å²) in [4.78, 5) is 3.82. The van der Waals surface area contributed by atoms with Crippen molar-refractivity contribution in [3.8, 4) is 0 Å². The molecule has 0 amide bonds. The number of thiophene rings is 1. The molecular formula is C10H17NS2. The third kappa shape index (κ3) is 3.33. The van der Waals surface area contributed by atoms with Gasteiger partial charge in [0.05, 0.1) is 0 Å². The zero-order valence-corrected chi connectivity index (χ0v) is 9.94. The minimum atomic E-state index is 0.542. The van der Waals surface area contributed by atoms with Gasteiger partial charge in [0.2, 0.25) is 0 Å². The van der Waals surface area contributed by atoms with E-state index in [0.717, 1.165) is 18.7 Å². The number of hydrogen-bond donors (Lipinski definition) is 1. The normalized spacial score (nSPS) is 13.5. The molecule has 0 aliphatic carbocycles. The molecular weight excluding hydrogens is 198 g/mol. The van der Waals surface area contributed by atoms with Crippen molar-refractivity contribution in [2.75, 3.05) is 19.3 Å². The molecule has 0 bridgehead atoms. The zero-order valence-electron chi connectivity index (χ0n) is 8.23. The molecule has 0 N–H and O–H groups in total. The van der Waals surface area contributed by atoms with E-state index in [-0.39, 0.29) is 0 Å². The first-order valence-electron chi connectivity index (χ1n) is 4.60. The van der Waals surface area contributed by atoms with Crippen LogP contribution in [-0.2, 0) is 0 Å². The summed E-state index contributed by atoms with van der Waals surface area (Å²) in [5, 5.41) is 2.14. The Morgan fingerprint density at radius 2 is 2.38 bits per heavy atom. The molecule has 0 spiro atoms. The summed E-state index contributed by atoms with van der Waals surface area (Å²) in [6.07, 6.45) is 1.16. The monoisotopic (exact) mass is 215 g/mol. The summed E-state index contributed by atoms with van der Waals surface area (Å²) in [5.74, 6) is 0.974. The molecule has 0 fully saturated rings. The van der Waals surface area contributed by atoms with Gasteiger partial charge in [-0.15, -0.1) is 11.3 Å². The van der Waals surface area contributed by atoms with E-state index >= 15 is 0 Å². The van der Waals surface area contributed by atoms with E-state index in [1.165, 1.54) is 4.88 Å². The highest BCUT2D eigenvalue weighted by molar-refractivity contribution is 7.80. The fourth-order valence-electron chi connectivity index (χ4n) is 1.26. The summed E-state index contributed by atoms with van der Waals surface area (Å²) in [6.45, 7) is 3.38. The summed E-state index contributed by atoms with van der Waals surface area (Å²) in [5.41, 5.74) is 0. The number of nitrogens with zero attached hydrogens (tertiary/aromatic N) is 1. The third-order valence-electron chi connectivity index (χ3n) is 2.29. The lowest BCUT2D eigenvalue weighted by atomic mass is 10.2. The molecule has 1 atom stereocenters. The molecule has 1 aromatic heterocycles. The van der Waals surface area contributed by atoms with Gasteiger partial charge in [-0.05, 0) is 44.1 Å². The van der Waals surface area contributed by atoms with Gasteiger partial charge < -0.3 is 0 Å². The molecule has 0 radical (unpaired) electrons. The first-order chi connectivity index (χ1) is 6.25. The van der Waals surface area contributed by atoms with Crippen molar-refractivity contribution in [3.05, 3.63) is 22.4 Å². The molecule has 1 aromatic rings. The highest BCUT2D eigenvalue weighted by Gasteiger charge is 2.10. The highest BCUT2D eigenvalue weighted by Crippen LogP contribution is 2.23. The lowest BCUT2D eigenvalue weighted by molar-refractivity contribution is 0.266. The molecule has 1 nitrogen and oxygen atoms in total. The average Bonchev–Trinajstić information content (AvgIpc) is 2.65. The molecule has 0 saturated carbocycles. The van der Waals surface area contributed by atoms with E-state index in [1.807, 2.05) is 11.3 Å². The van der Waals surface area contributed by atoms with Crippen LogP contribution in [0.4, 0.5) is 0 Å². The second-order valence-corrected chi connectivity index (χ2v) is 4.68. The van der Waals surface area contributed by atoms with Crippen LogP contribution in [0.2, 0.25) is 0 Å². The molecule has 74 valence electrons. The van der Waals surface area contributed by atoms with Crippen LogP contribution in [0.1, 0.15) is 24.3 Å². The van der Waals surface area contributed by atoms with E-state index in [2.05, 4.69) is 49.0 Å². The van der Waals surface area contributed by atoms with Crippen molar-refractivity contribution in [1.29, 1.82) is 0 Å². The minimum absolute atomic E-state index is 0.542. The summed E-state index contributed by atoms with van der Waals surface area (Å²) in [6, 6.07) is 4.86. The quantitative estimate of drug-likeness (QED) is 0.739. The van der Waals surface area contributed by atoms with Gasteiger partial charge in [0.15, 0.2) is 0 Å². The van der Waals surface area contributed by atoms with Gasteiger partial charge in [-0.25, -0.2) is 0 Å². The van der Waals surface area contributed by atoms with E-state index in [4.69, 9.17) is 0 Å². The predicted octanol–water partition coefficient (Wildman–Crippen LogP) is 3.06. The molecule has 1 unspecified atom stereocenters. The Bertz CT molecular complexity index is 221. The van der Waals surface area contributed by atoms with E-state index in [9.17, 15) is 0 Å². The lowest BCUT2D eigenvalue weighted by Gasteiger charge is -2.23. The Kier molecular flexibility index (Phi) is 4.84. The van der Waals surface area contributed by atoms with Gasteiger partial charge in [-0.1, -0.05) is 6.07 Å². The summed E-state index contributed by atoms with van der Waals surface area (Å²) < 4.78 is 0. The maximum atomic E-state index is 4.21. The molecule has 0 aliphatic heterocycles. The lowest BCUT2D eigenvalue weighted by Crippen LogP contribution is -2.23. The summed E-state index contributed by atoms with van der Waals surface area (Å²) >= 11 is 6.05. The van der Waals surface area contributed by atoms with Crippen LogP contribution in [0.3, 0.4) is 0 Å². The average molecular weight is 215 g/mol. The van der Waals surface area contributed by atoms with Crippen LogP contribution in [0.25, 0.3) is 0 Å². The van der Waals surface area contributed by atoms with Crippen LogP contribution in [0, 0.1) is 0 Å². The molecule has 1 heterocycles. The van der Waals surface area contributed by atoms with E-state index in [0.29, 0.717) is 6.04 Å². The number of hydrogen-bond acceptors (Lipinski definition) is 3. The van der Waals surface area contributed by atoms with Crippen molar-refractivity contribution in [1.82, 2.24) is 4.90 Å². The maximum Gasteiger partial charge on any atom is 0.0410 e. The van der Waals surface area contributed by atoms with Crippen molar-refractivity contribution in [2.24, 2.45) is 0 Å². The number of thiol groups is 1. The standard InChI is InChI=1S/C10H17NS2/c1-9(10-5-3-8-13-10)11(2)6-4-7-12/h3,5,8-9,12H,4,6-7H2,1-2H3. The van der Waals surface area contributed by atoms with Gasteiger partial charge in [0, 0.05) is 10.9 Å². The molecule has 0 aromatic carbocycles. The highest BCUT2D eigenvalue weighted by atomic mass is 32.1. The van der Waals surface area contributed by atoms with Crippen molar-refractivity contribution in [3.63, 3.8) is 0 Å². The first kappa shape index (κ1) is 11.1. The minimum Gasteiger partial charge on any atom is -0.299 e. The topological polar surface area (TPSA) is 3.24 Å². The smallest absolute Gasteiger partial charge is 0.0410 e. The Morgan fingerprint density at radius 1 is 1.62 bits per heavy atom. The fourth-order valence-corrected chi connectivity index (χ4v) is 2.25. The second kappa shape index (κ2) is 5.68. The molecule has 1 rings (SSSR count). The van der Waals surface area contributed by atoms with Crippen molar-refractivity contribution in [2.45, 2.75) is 19.4 Å². The maximum absolute atomic E-state index is 4.21. The van der Waals surface area contributed by atoms with Crippen LogP contribution in [0.15, 0.2) is 17.5 Å². The van der Waals surface area contributed by atoms with Gasteiger partial charge in [-0.2, -0.15) is 12.6 Å². The van der Waals surface area contributed by atoms with Gasteiger partial charge in [0.1, 0.15) is 0 Å². The van der Waals surface area contributed by atoms with Gasteiger partial charge in [0.25, 0.3) is 0 Å². The Balaban J connectivity index is 2.43. The molecule has 3 heteroatoms. The van der Waals surface area contributed by atoms with Gasteiger partial charge >= 0.3 is 0 Å². The van der Waals surface area contributed by atoms with Crippen LogP contribution in [0.5, 0.6) is 0 Å². The SMILES string of the molecule is CC(c1cccs1)N(C)CCCS. The molecule has 0 saturated heterocycles. The largest absolute Gasteiger partial charge is 0.299 e. The van der Waals surface area contributed by atoms with Gasteiger partial charge in [-0.3, -0.25) is 4.90 Å². The molecule has 0 aliphatic rings. The Hall–Kier alpha value is 0.01000. The summed E-state index contributed by atoms with van der Waals surface area (Å²) in [7, 11) is 2.17. The predicted molar refractivity (Wildman–Crippen MR) is 63.8 cm³/mol. The first-order valence-corrected chi connectivity index (χ1v) is 6.11. The van der Waals surface area contributed by atoms with Crippen molar-refractivity contribution < 1.29 is 0 Å². The Morgan fingerprint density at radius 3 is 2.92 bits per heavy atom. The number of rotatable bonds is 5. The van der Waals surface area contributed by atoms with Crippen LogP contribution < -0.4 is 0 Å². The second-order valence-electron chi connectivity index (χ2n) is 3.25. The van der Waals surface area contributed by atoms with Crippen LogP contribution >= 0.6 is 24.0 Å². The third-order valence-corrected chi connectivity index (χ3v) is 3.64. The van der Waals surface area contributed by atoms with E-state index < -0.39 is 0 Å². The van der Waals surface area contributed by atoms with Crippen molar-refractivity contribution >= 4 is 24.0 Å². The molecule has 13 heavy (non-hydrogen) atoms. The van der Waals surface area contributed by atoms with Crippen LogP contribution in [-0.4, -0.2) is 24.2 Å². The zero-order chi connectivity index (χ0) is 9.68. The fraction of sp³-hybridized carbons (Fsp3) is 0.600. The van der Waals surface area contributed by atoms with E-state index in [1.54, 1.807) is 0 Å².